The van der Waals surface area contributed by atoms with Crippen molar-refractivity contribution in [1.29, 1.82) is 0 Å². The van der Waals surface area contributed by atoms with Crippen LogP contribution in [0.2, 0.25) is 0 Å². The van der Waals surface area contributed by atoms with Crippen LogP contribution < -0.4 is 5.32 Å². The van der Waals surface area contributed by atoms with Gasteiger partial charge in [-0.2, -0.15) is 13.2 Å². The third kappa shape index (κ3) is 4.93. The van der Waals surface area contributed by atoms with Crippen molar-refractivity contribution in [2.75, 3.05) is 26.8 Å². The van der Waals surface area contributed by atoms with E-state index < -0.39 is 43.1 Å². The minimum absolute atomic E-state index is 0.0213. The molecule has 2 amide bonds. The number of aliphatic carboxylic acids is 1. The molecule has 1 rings (SSSR count). The van der Waals surface area contributed by atoms with E-state index in [0.717, 1.165) is 4.90 Å². The Kier molecular flexibility index (Phi) is 4.98. The number of urea groups is 1. The van der Waals surface area contributed by atoms with Crippen LogP contribution in [0.4, 0.5) is 18.0 Å². The van der Waals surface area contributed by atoms with Gasteiger partial charge in [-0.3, -0.25) is 4.79 Å². The molecule has 110 valence electrons. The van der Waals surface area contributed by atoms with Gasteiger partial charge in [0.05, 0.1) is 25.7 Å². The van der Waals surface area contributed by atoms with Gasteiger partial charge in [0, 0.05) is 13.6 Å². The van der Waals surface area contributed by atoms with Gasteiger partial charge in [0.2, 0.25) is 0 Å². The molecule has 2 atom stereocenters. The molecular formula is C10H15F3N2O4. The largest absolute Gasteiger partial charge is 0.481 e. The highest BCUT2D eigenvalue weighted by molar-refractivity contribution is 5.77. The molecule has 6 nitrogen and oxygen atoms in total. The van der Waals surface area contributed by atoms with Gasteiger partial charge in [0.15, 0.2) is 0 Å². The summed E-state index contributed by atoms with van der Waals surface area (Å²) in [6.07, 6.45) is -5.45. The standard InChI is InChI=1S/C10H15F3N2O4/c1-15(3-2-10(11,12)13)9(18)14-7-5-19-4-6(7)8(16)17/h6-7H,2-5H2,1H3,(H,14,18)(H,16,17). The number of ether oxygens (including phenoxy) is 1. The summed E-state index contributed by atoms with van der Waals surface area (Å²) in [5, 5.41) is 11.2. The van der Waals surface area contributed by atoms with Crippen LogP contribution in [-0.2, 0) is 9.53 Å². The minimum Gasteiger partial charge on any atom is -0.481 e. The number of alkyl halides is 3. The molecule has 19 heavy (non-hydrogen) atoms. The zero-order chi connectivity index (χ0) is 14.6. The van der Waals surface area contributed by atoms with Gasteiger partial charge < -0.3 is 20.1 Å². The number of amides is 2. The number of nitrogens with zero attached hydrogens (tertiary/aromatic N) is 1. The van der Waals surface area contributed by atoms with E-state index in [-0.39, 0.29) is 13.2 Å². The fourth-order valence-corrected chi connectivity index (χ4v) is 1.60. The predicted molar refractivity (Wildman–Crippen MR) is 57.6 cm³/mol. The second-order valence-electron chi connectivity index (χ2n) is 4.32. The lowest BCUT2D eigenvalue weighted by molar-refractivity contribution is -0.142. The zero-order valence-corrected chi connectivity index (χ0v) is 10.2. The van der Waals surface area contributed by atoms with Crippen LogP contribution in [0.3, 0.4) is 0 Å². The summed E-state index contributed by atoms with van der Waals surface area (Å²) < 4.78 is 40.9. The molecule has 0 spiro atoms. The monoisotopic (exact) mass is 284 g/mol. The molecule has 0 aromatic heterocycles. The summed E-state index contributed by atoms with van der Waals surface area (Å²) in [7, 11) is 1.21. The fraction of sp³-hybridized carbons (Fsp3) is 0.800. The van der Waals surface area contributed by atoms with Crippen molar-refractivity contribution in [2.45, 2.75) is 18.6 Å². The maximum atomic E-state index is 12.0. The van der Waals surface area contributed by atoms with Crippen LogP contribution >= 0.6 is 0 Å². The van der Waals surface area contributed by atoms with E-state index in [4.69, 9.17) is 9.84 Å². The number of rotatable bonds is 4. The topological polar surface area (TPSA) is 78.9 Å². The summed E-state index contributed by atoms with van der Waals surface area (Å²) >= 11 is 0. The maximum Gasteiger partial charge on any atom is 0.390 e. The van der Waals surface area contributed by atoms with E-state index in [2.05, 4.69) is 5.32 Å². The maximum absolute atomic E-state index is 12.0. The Hall–Kier alpha value is -1.51. The molecule has 0 aromatic carbocycles. The van der Waals surface area contributed by atoms with Gasteiger partial charge in [0.25, 0.3) is 0 Å². The SMILES string of the molecule is CN(CCC(F)(F)F)C(=O)NC1COCC1C(=O)O. The number of carbonyl (C=O) groups is 2. The van der Waals surface area contributed by atoms with Crippen LogP contribution in [0.5, 0.6) is 0 Å². The Morgan fingerprint density at radius 3 is 2.58 bits per heavy atom. The van der Waals surface area contributed by atoms with Gasteiger partial charge >= 0.3 is 18.2 Å². The van der Waals surface area contributed by atoms with E-state index in [1.807, 2.05) is 0 Å². The van der Waals surface area contributed by atoms with Crippen LogP contribution in [0.15, 0.2) is 0 Å². The molecule has 1 aliphatic heterocycles. The molecule has 0 aliphatic carbocycles. The number of hydrogen-bond acceptors (Lipinski definition) is 3. The number of carboxylic acid groups (broad SMARTS) is 1. The Morgan fingerprint density at radius 1 is 1.42 bits per heavy atom. The summed E-state index contributed by atoms with van der Waals surface area (Å²) in [5.74, 6) is -1.99. The predicted octanol–water partition coefficient (Wildman–Crippen LogP) is 0.680. The minimum atomic E-state index is -4.34. The van der Waals surface area contributed by atoms with E-state index in [0.29, 0.717) is 0 Å². The van der Waals surface area contributed by atoms with Gasteiger partial charge in [0.1, 0.15) is 5.92 Å². The highest BCUT2D eigenvalue weighted by Gasteiger charge is 2.36. The number of nitrogens with one attached hydrogen (secondary N) is 1. The quantitative estimate of drug-likeness (QED) is 0.795. The Morgan fingerprint density at radius 2 is 2.05 bits per heavy atom. The number of hydrogen-bond donors (Lipinski definition) is 2. The normalized spacial score (nSPS) is 23.2. The summed E-state index contributed by atoms with van der Waals surface area (Å²) in [5.41, 5.74) is 0. The number of carboxylic acids is 1. The van der Waals surface area contributed by atoms with Gasteiger partial charge in [-0.05, 0) is 0 Å². The van der Waals surface area contributed by atoms with Crippen LogP contribution in [-0.4, -0.2) is 61.0 Å². The molecule has 2 N–H and O–H groups in total. The van der Waals surface area contributed by atoms with Crippen molar-refractivity contribution in [1.82, 2.24) is 10.2 Å². The fourth-order valence-electron chi connectivity index (χ4n) is 1.60. The van der Waals surface area contributed by atoms with Crippen molar-refractivity contribution in [2.24, 2.45) is 5.92 Å². The molecule has 0 saturated carbocycles. The number of carbonyl (C=O) groups excluding carboxylic acids is 1. The third-order valence-corrected chi connectivity index (χ3v) is 2.78. The average Bonchev–Trinajstić information content (AvgIpc) is 2.72. The van der Waals surface area contributed by atoms with Crippen molar-refractivity contribution in [3.05, 3.63) is 0 Å². The Labute approximate surface area is 107 Å². The smallest absolute Gasteiger partial charge is 0.390 e. The molecule has 0 radical (unpaired) electrons. The summed E-state index contributed by atoms with van der Waals surface area (Å²) in [4.78, 5) is 23.3. The first-order valence-corrected chi connectivity index (χ1v) is 5.59. The Balaban J connectivity index is 2.43. The summed E-state index contributed by atoms with van der Waals surface area (Å²) in [6, 6.07) is -1.47. The van der Waals surface area contributed by atoms with Crippen LogP contribution in [0, 0.1) is 5.92 Å². The third-order valence-electron chi connectivity index (χ3n) is 2.78. The van der Waals surface area contributed by atoms with Gasteiger partial charge in [-0.15, -0.1) is 0 Å². The first-order valence-electron chi connectivity index (χ1n) is 5.59. The molecule has 1 saturated heterocycles. The molecule has 9 heteroatoms. The molecular weight excluding hydrogens is 269 g/mol. The lowest BCUT2D eigenvalue weighted by Gasteiger charge is -2.22. The number of halogens is 3. The van der Waals surface area contributed by atoms with Crippen LogP contribution in [0.1, 0.15) is 6.42 Å². The van der Waals surface area contributed by atoms with Gasteiger partial charge in [-0.25, -0.2) is 4.79 Å². The van der Waals surface area contributed by atoms with Crippen molar-refractivity contribution >= 4 is 12.0 Å². The molecule has 2 unspecified atom stereocenters. The first kappa shape index (κ1) is 15.5. The van der Waals surface area contributed by atoms with Crippen LogP contribution in [0.25, 0.3) is 0 Å². The second-order valence-corrected chi connectivity index (χ2v) is 4.32. The Bertz CT molecular complexity index is 348. The first-order chi connectivity index (χ1) is 8.70. The second kappa shape index (κ2) is 6.09. The highest BCUT2D eigenvalue weighted by atomic mass is 19.4. The molecule has 1 fully saturated rings. The average molecular weight is 284 g/mol. The van der Waals surface area contributed by atoms with Crippen molar-refractivity contribution in [3.63, 3.8) is 0 Å². The van der Waals surface area contributed by atoms with Gasteiger partial charge in [-0.1, -0.05) is 0 Å². The lowest BCUT2D eigenvalue weighted by atomic mass is 10.0. The van der Waals surface area contributed by atoms with Crippen molar-refractivity contribution in [3.8, 4) is 0 Å². The van der Waals surface area contributed by atoms with Crippen molar-refractivity contribution < 1.29 is 32.6 Å². The molecule has 0 bridgehead atoms. The highest BCUT2D eigenvalue weighted by Crippen LogP contribution is 2.19. The van der Waals surface area contributed by atoms with E-state index in [9.17, 15) is 22.8 Å². The molecule has 1 aliphatic rings. The van der Waals surface area contributed by atoms with E-state index in [1.165, 1.54) is 7.05 Å². The molecule has 0 aromatic rings. The lowest BCUT2D eigenvalue weighted by Crippen LogP contribution is -2.48. The molecule has 1 heterocycles. The summed E-state index contributed by atoms with van der Waals surface area (Å²) in [6.45, 7) is -0.469. The van der Waals surface area contributed by atoms with E-state index >= 15 is 0 Å². The zero-order valence-electron chi connectivity index (χ0n) is 10.2. The van der Waals surface area contributed by atoms with E-state index in [1.54, 1.807) is 0 Å².